The zero-order chi connectivity index (χ0) is 17.3. The third-order valence-electron chi connectivity index (χ3n) is 4.11. The molecule has 24 heavy (non-hydrogen) atoms. The normalized spacial score (nSPS) is 15.8. The number of hydrogen-bond acceptors (Lipinski definition) is 4. The third-order valence-corrected chi connectivity index (χ3v) is 4.11. The summed E-state index contributed by atoms with van der Waals surface area (Å²) in [6.45, 7) is 0. The molecule has 3 rings (SSSR count). The average molecular weight is 327 g/mol. The van der Waals surface area contributed by atoms with E-state index < -0.39 is 12.0 Å². The fourth-order valence-corrected chi connectivity index (χ4v) is 2.94. The van der Waals surface area contributed by atoms with Crippen molar-refractivity contribution in [2.45, 2.75) is 12.5 Å². The standard InChI is InChI=1S/C18H17NO5/c1-23-15-8-7-12(10-16(15)24-2)17(20)19-13-6-4-3-5-11(13)9-14(19)18(21)22/h3-8,10,14H,9H2,1-2H3,(H,21,22). The van der Waals surface area contributed by atoms with E-state index in [-0.39, 0.29) is 5.91 Å². The summed E-state index contributed by atoms with van der Waals surface area (Å²) in [6.07, 6.45) is 0.296. The fraction of sp³-hybridized carbons (Fsp3) is 0.222. The van der Waals surface area contributed by atoms with Crippen molar-refractivity contribution in [1.82, 2.24) is 0 Å². The van der Waals surface area contributed by atoms with Gasteiger partial charge in [-0.05, 0) is 29.8 Å². The molecule has 0 saturated heterocycles. The monoisotopic (exact) mass is 327 g/mol. The number of carbonyl (C=O) groups is 2. The van der Waals surface area contributed by atoms with Crippen LogP contribution in [0.2, 0.25) is 0 Å². The Balaban J connectivity index is 2.03. The number of benzene rings is 2. The Kier molecular flexibility index (Phi) is 4.12. The Morgan fingerprint density at radius 1 is 1.08 bits per heavy atom. The van der Waals surface area contributed by atoms with Crippen LogP contribution in [0.1, 0.15) is 15.9 Å². The lowest BCUT2D eigenvalue weighted by molar-refractivity contribution is -0.138. The van der Waals surface area contributed by atoms with Crippen LogP contribution >= 0.6 is 0 Å². The molecule has 1 amide bonds. The lowest BCUT2D eigenvalue weighted by Gasteiger charge is -2.23. The molecule has 2 aromatic carbocycles. The molecule has 0 bridgehead atoms. The van der Waals surface area contributed by atoms with Gasteiger partial charge in [0.25, 0.3) is 5.91 Å². The van der Waals surface area contributed by atoms with Crippen molar-refractivity contribution < 1.29 is 24.2 Å². The number of nitrogens with zero attached hydrogens (tertiary/aromatic N) is 1. The van der Waals surface area contributed by atoms with E-state index in [2.05, 4.69) is 0 Å². The third kappa shape index (κ3) is 2.56. The topological polar surface area (TPSA) is 76.1 Å². The maximum absolute atomic E-state index is 13.0. The summed E-state index contributed by atoms with van der Waals surface area (Å²) < 4.78 is 10.4. The first-order valence-corrected chi connectivity index (χ1v) is 7.43. The number of fused-ring (bicyclic) bond motifs is 1. The molecule has 0 radical (unpaired) electrons. The van der Waals surface area contributed by atoms with Gasteiger partial charge in [-0.2, -0.15) is 0 Å². The van der Waals surface area contributed by atoms with Crippen molar-refractivity contribution in [3.63, 3.8) is 0 Å². The van der Waals surface area contributed by atoms with Crippen molar-refractivity contribution >= 4 is 17.6 Å². The van der Waals surface area contributed by atoms with Crippen LogP contribution in [-0.2, 0) is 11.2 Å². The van der Waals surface area contributed by atoms with Crippen molar-refractivity contribution in [2.24, 2.45) is 0 Å². The minimum absolute atomic E-state index is 0.296. The van der Waals surface area contributed by atoms with Gasteiger partial charge in [-0.1, -0.05) is 18.2 Å². The second-order valence-electron chi connectivity index (χ2n) is 5.43. The van der Waals surface area contributed by atoms with E-state index in [0.29, 0.717) is 29.2 Å². The molecule has 1 unspecified atom stereocenters. The number of hydrogen-bond donors (Lipinski definition) is 1. The number of anilines is 1. The molecule has 1 aliphatic rings. The highest BCUT2D eigenvalue weighted by molar-refractivity contribution is 6.11. The average Bonchev–Trinajstić information content (AvgIpc) is 3.00. The molecular formula is C18H17NO5. The zero-order valence-electron chi connectivity index (χ0n) is 13.4. The summed E-state index contributed by atoms with van der Waals surface area (Å²) in [4.78, 5) is 25.9. The number of para-hydroxylation sites is 1. The summed E-state index contributed by atoms with van der Waals surface area (Å²) in [6, 6.07) is 11.1. The van der Waals surface area contributed by atoms with Crippen LogP contribution < -0.4 is 14.4 Å². The Labute approximate surface area is 139 Å². The van der Waals surface area contributed by atoms with Gasteiger partial charge >= 0.3 is 5.97 Å². The molecule has 0 fully saturated rings. The van der Waals surface area contributed by atoms with Crippen molar-refractivity contribution in [2.75, 3.05) is 19.1 Å². The first kappa shape index (κ1) is 15.9. The molecule has 0 aliphatic carbocycles. The van der Waals surface area contributed by atoms with E-state index in [9.17, 15) is 14.7 Å². The molecule has 124 valence electrons. The number of methoxy groups -OCH3 is 2. The first-order chi connectivity index (χ1) is 11.6. The van der Waals surface area contributed by atoms with E-state index in [1.807, 2.05) is 12.1 Å². The van der Waals surface area contributed by atoms with E-state index in [0.717, 1.165) is 5.56 Å². The van der Waals surface area contributed by atoms with E-state index in [1.165, 1.54) is 19.1 Å². The van der Waals surface area contributed by atoms with Gasteiger partial charge in [-0.15, -0.1) is 0 Å². The van der Waals surface area contributed by atoms with Gasteiger partial charge in [0.1, 0.15) is 6.04 Å². The highest BCUT2D eigenvalue weighted by Crippen LogP contribution is 2.35. The number of ether oxygens (including phenoxy) is 2. The van der Waals surface area contributed by atoms with Gasteiger partial charge in [0.2, 0.25) is 0 Å². The summed E-state index contributed by atoms with van der Waals surface area (Å²) >= 11 is 0. The first-order valence-electron chi connectivity index (χ1n) is 7.43. The van der Waals surface area contributed by atoms with Crippen molar-refractivity contribution in [3.05, 3.63) is 53.6 Å². The van der Waals surface area contributed by atoms with Gasteiger partial charge in [0.15, 0.2) is 11.5 Å². The van der Waals surface area contributed by atoms with Crippen LogP contribution in [0.15, 0.2) is 42.5 Å². The smallest absolute Gasteiger partial charge is 0.327 e. The molecule has 1 N–H and O–H groups in total. The predicted octanol–water partition coefficient (Wildman–Crippen LogP) is 2.36. The van der Waals surface area contributed by atoms with Gasteiger partial charge in [-0.25, -0.2) is 4.79 Å². The molecule has 0 spiro atoms. The largest absolute Gasteiger partial charge is 0.493 e. The van der Waals surface area contributed by atoms with Crippen molar-refractivity contribution in [1.29, 1.82) is 0 Å². The quantitative estimate of drug-likeness (QED) is 0.933. The molecular weight excluding hydrogens is 310 g/mol. The van der Waals surface area contributed by atoms with Gasteiger partial charge in [0, 0.05) is 17.7 Å². The number of carbonyl (C=O) groups excluding carboxylic acids is 1. The second kappa shape index (κ2) is 6.23. The van der Waals surface area contributed by atoms with E-state index in [1.54, 1.807) is 30.3 Å². The zero-order valence-corrected chi connectivity index (χ0v) is 13.4. The lowest BCUT2D eigenvalue weighted by Crippen LogP contribution is -2.42. The minimum atomic E-state index is -1.03. The molecule has 2 aromatic rings. The molecule has 6 nitrogen and oxygen atoms in total. The number of carboxylic acids is 1. The van der Waals surface area contributed by atoms with Gasteiger partial charge in [0.05, 0.1) is 14.2 Å². The van der Waals surface area contributed by atoms with Crippen LogP contribution in [-0.4, -0.2) is 37.2 Å². The maximum Gasteiger partial charge on any atom is 0.327 e. The van der Waals surface area contributed by atoms with Crippen molar-refractivity contribution in [3.8, 4) is 11.5 Å². The highest BCUT2D eigenvalue weighted by atomic mass is 16.5. The van der Waals surface area contributed by atoms with Crippen LogP contribution in [0.3, 0.4) is 0 Å². The fourth-order valence-electron chi connectivity index (χ4n) is 2.94. The van der Waals surface area contributed by atoms with Gasteiger partial charge < -0.3 is 14.6 Å². The Bertz CT molecular complexity index is 802. The van der Waals surface area contributed by atoms with Gasteiger partial charge in [-0.3, -0.25) is 9.69 Å². The molecule has 6 heteroatoms. The molecule has 1 heterocycles. The van der Waals surface area contributed by atoms with E-state index >= 15 is 0 Å². The van der Waals surface area contributed by atoms with Crippen LogP contribution in [0.25, 0.3) is 0 Å². The Morgan fingerprint density at radius 2 is 1.79 bits per heavy atom. The summed E-state index contributed by atoms with van der Waals surface area (Å²) in [7, 11) is 2.99. The lowest BCUT2D eigenvalue weighted by atomic mass is 10.1. The Hall–Kier alpha value is -3.02. The Morgan fingerprint density at radius 3 is 2.46 bits per heavy atom. The van der Waals surface area contributed by atoms with Crippen LogP contribution in [0.5, 0.6) is 11.5 Å². The summed E-state index contributed by atoms with van der Waals surface area (Å²) in [5.74, 6) is -0.485. The van der Waals surface area contributed by atoms with Crippen LogP contribution in [0, 0.1) is 0 Å². The number of carboxylic acid groups (broad SMARTS) is 1. The highest BCUT2D eigenvalue weighted by Gasteiger charge is 2.38. The number of aliphatic carboxylic acids is 1. The maximum atomic E-state index is 13.0. The molecule has 1 aliphatic heterocycles. The molecule has 1 atom stereocenters. The van der Waals surface area contributed by atoms with Crippen LogP contribution in [0.4, 0.5) is 5.69 Å². The molecule has 0 saturated carbocycles. The number of amides is 1. The number of rotatable bonds is 4. The van der Waals surface area contributed by atoms with E-state index in [4.69, 9.17) is 9.47 Å². The summed E-state index contributed by atoms with van der Waals surface area (Å²) in [5, 5.41) is 9.50. The predicted molar refractivity (Wildman–Crippen MR) is 87.9 cm³/mol. The second-order valence-corrected chi connectivity index (χ2v) is 5.43. The minimum Gasteiger partial charge on any atom is -0.493 e. The summed E-state index contributed by atoms with van der Waals surface area (Å²) in [5.41, 5.74) is 1.82. The SMILES string of the molecule is COc1ccc(C(=O)N2c3ccccc3CC2C(=O)O)cc1OC. The molecule has 0 aromatic heterocycles.